The van der Waals surface area contributed by atoms with Crippen molar-refractivity contribution in [2.45, 2.75) is 103 Å². The highest BCUT2D eigenvalue weighted by atomic mass is 19.2. The van der Waals surface area contributed by atoms with Crippen molar-refractivity contribution < 1.29 is 17.9 Å². The van der Waals surface area contributed by atoms with E-state index in [1.807, 2.05) is 19.1 Å². The second-order valence-electron chi connectivity index (χ2n) is 13.1. The molecule has 0 heterocycles. The molecule has 0 amide bonds. The number of ether oxygens (including phenoxy) is 1. The van der Waals surface area contributed by atoms with Gasteiger partial charge in [-0.25, -0.2) is 8.78 Å². The maximum atomic E-state index is 15.4. The summed E-state index contributed by atoms with van der Waals surface area (Å²) in [5.41, 5.74) is 3.03. The molecule has 2 aliphatic rings. The Balaban J connectivity index is 1.16. The summed E-state index contributed by atoms with van der Waals surface area (Å²) in [4.78, 5) is 0. The van der Waals surface area contributed by atoms with Gasteiger partial charge in [-0.15, -0.1) is 0 Å². The predicted molar refractivity (Wildman–Crippen MR) is 176 cm³/mol. The van der Waals surface area contributed by atoms with Crippen LogP contribution < -0.4 is 4.74 Å². The minimum absolute atomic E-state index is 0.112. The standard InChI is InChI=1S/C40H49F3O/c1-3-5-7-9-28-10-12-29(13-11-28)30-14-16-31(17-15-30)34-22-23-35(37(41)27-34)32-18-20-33(21-19-32)36-24-25-38(40(43)39(36)42)44-26-8-6-4-2/h6,8,18-25,27-31H,3-5,7,9-17,26H2,1-2H3. The van der Waals surface area contributed by atoms with E-state index in [1.165, 1.54) is 76.3 Å². The summed E-state index contributed by atoms with van der Waals surface area (Å²) in [6.45, 7) is 4.46. The average Bonchev–Trinajstić information content (AvgIpc) is 3.06. The highest BCUT2D eigenvalue weighted by Crippen LogP contribution is 2.45. The normalized spacial score (nSPS) is 22.4. The first-order valence-electron chi connectivity index (χ1n) is 17.1. The molecule has 2 aliphatic carbocycles. The number of allylic oxidation sites excluding steroid dienone is 1. The fourth-order valence-electron chi connectivity index (χ4n) is 7.64. The number of rotatable bonds is 12. The highest BCUT2D eigenvalue weighted by Gasteiger charge is 2.31. The number of hydrogen-bond acceptors (Lipinski definition) is 1. The summed E-state index contributed by atoms with van der Waals surface area (Å²) in [7, 11) is 0. The predicted octanol–water partition coefficient (Wildman–Crippen LogP) is 12.4. The van der Waals surface area contributed by atoms with Gasteiger partial charge in [0.05, 0.1) is 0 Å². The lowest BCUT2D eigenvalue weighted by Gasteiger charge is -2.38. The van der Waals surface area contributed by atoms with Crippen LogP contribution in [0.4, 0.5) is 13.2 Å². The molecule has 0 bridgehead atoms. The van der Waals surface area contributed by atoms with E-state index in [9.17, 15) is 8.78 Å². The molecule has 3 aromatic rings. The van der Waals surface area contributed by atoms with Crippen LogP contribution in [0.5, 0.6) is 5.75 Å². The average molecular weight is 603 g/mol. The van der Waals surface area contributed by atoms with Crippen molar-refractivity contribution >= 4 is 0 Å². The molecule has 0 unspecified atom stereocenters. The molecular weight excluding hydrogens is 553 g/mol. The zero-order valence-electron chi connectivity index (χ0n) is 26.6. The molecule has 44 heavy (non-hydrogen) atoms. The Morgan fingerprint density at radius 1 is 0.682 bits per heavy atom. The van der Waals surface area contributed by atoms with Crippen LogP contribution in [0.25, 0.3) is 22.3 Å². The van der Waals surface area contributed by atoms with E-state index >= 15 is 4.39 Å². The lowest BCUT2D eigenvalue weighted by Crippen LogP contribution is -2.25. The summed E-state index contributed by atoms with van der Waals surface area (Å²) in [6.07, 6.45) is 20.6. The van der Waals surface area contributed by atoms with Crippen molar-refractivity contribution in [3.63, 3.8) is 0 Å². The largest absolute Gasteiger partial charge is 0.486 e. The molecular formula is C40H49F3O. The van der Waals surface area contributed by atoms with Crippen LogP contribution >= 0.6 is 0 Å². The Morgan fingerprint density at radius 3 is 1.95 bits per heavy atom. The van der Waals surface area contributed by atoms with Crippen LogP contribution in [0.2, 0.25) is 0 Å². The molecule has 236 valence electrons. The summed E-state index contributed by atoms with van der Waals surface area (Å²) in [5.74, 6) is 0.831. The molecule has 0 aromatic heterocycles. The molecule has 1 nitrogen and oxygen atoms in total. The monoisotopic (exact) mass is 602 g/mol. The third kappa shape index (κ3) is 7.98. The van der Waals surface area contributed by atoms with Crippen LogP contribution in [0.3, 0.4) is 0 Å². The maximum Gasteiger partial charge on any atom is 0.201 e. The first-order valence-corrected chi connectivity index (χ1v) is 17.1. The molecule has 5 rings (SSSR count). The second-order valence-corrected chi connectivity index (χ2v) is 13.1. The quantitative estimate of drug-likeness (QED) is 0.148. The van der Waals surface area contributed by atoms with E-state index in [-0.39, 0.29) is 23.7 Å². The summed E-state index contributed by atoms with van der Waals surface area (Å²) >= 11 is 0. The van der Waals surface area contributed by atoms with Crippen molar-refractivity contribution in [3.05, 3.63) is 89.8 Å². The minimum atomic E-state index is -1.00. The Hall–Kier alpha value is -3.01. The first kappa shape index (κ1) is 32.4. The van der Waals surface area contributed by atoms with Crippen LogP contribution in [0, 0.1) is 35.2 Å². The smallest absolute Gasteiger partial charge is 0.201 e. The fourth-order valence-corrected chi connectivity index (χ4v) is 7.64. The van der Waals surface area contributed by atoms with Gasteiger partial charge in [0.2, 0.25) is 5.82 Å². The van der Waals surface area contributed by atoms with Crippen LogP contribution in [0.1, 0.15) is 109 Å². The van der Waals surface area contributed by atoms with E-state index in [1.54, 1.807) is 36.4 Å². The summed E-state index contributed by atoms with van der Waals surface area (Å²) in [5, 5.41) is 0. The lowest BCUT2D eigenvalue weighted by molar-refractivity contribution is 0.155. The van der Waals surface area contributed by atoms with Crippen molar-refractivity contribution in [1.82, 2.24) is 0 Å². The van der Waals surface area contributed by atoms with Crippen molar-refractivity contribution in [1.29, 1.82) is 0 Å². The third-order valence-corrected chi connectivity index (χ3v) is 10.3. The highest BCUT2D eigenvalue weighted by molar-refractivity contribution is 5.71. The Labute approximate surface area is 262 Å². The van der Waals surface area contributed by atoms with Crippen molar-refractivity contribution in [2.24, 2.45) is 17.8 Å². The van der Waals surface area contributed by atoms with Gasteiger partial charge >= 0.3 is 0 Å². The van der Waals surface area contributed by atoms with E-state index in [0.717, 1.165) is 48.1 Å². The van der Waals surface area contributed by atoms with E-state index < -0.39 is 11.6 Å². The van der Waals surface area contributed by atoms with Gasteiger partial charge < -0.3 is 4.74 Å². The van der Waals surface area contributed by atoms with Crippen molar-refractivity contribution in [3.8, 4) is 28.0 Å². The van der Waals surface area contributed by atoms with E-state index in [2.05, 4.69) is 13.0 Å². The molecule has 3 aromatic carbocycles. The van der Waals surface area contributed by atoms with Crippen molar-refractivity contribution in [2.75, 3.05) is 6.61 Å². The van der Waals surface area contributed by atoms with Crippen LogP contribution in [-0.2, 0) is 0 Å². The van der Waals surface area contributed by atoms with E-state index in [0.29, 0.717) is 17.0 Å². The Morgan fingerprint density at radius 2 is 1.32 bits per heavy atom. The van der Waals surface area contributed by atoms with Gasteiger partial charge in [0.1, 0.15) is 12.4 Å². The van der Waals surface area contributed by atoms with Gasteiger partial charge in [0.25, 0.3) is 0 Å². The van der Waals surface area contributed by atoms with E-state index in [4.69, 9.17) is 4.74 Å². The molecule has 0 spiro atoms. The molecule has 2 saturated carbocycles. The maximum absolute atomic E-state index is 15.4. The molecule has 2 fully saturated rings. The van der Waals surface area contributed by atoms with Crippen LogP contribution in [0.15, 0.2) is 66.7 Å². The zero-order chi connectivity index (χ0) is 30.9. The molecule has 0 aliphatic heterocycles. The number of hydrogen-bond donors (Lipinski definition) is 0. The number of benzene rings is 3. The Kier molecular flexibility index (Phi) is 11.6. The third-order valence-electron chi connectivity index (χ3n) is 10.3. The zero-order valence-corrected chi connectivity index (χ0v) is 26.6. The molecule has 0 radical (unpaired) electrons. The van der Waals surface area contributed by atoms with Gasteiger partial charge in [-0.2, -0.15) is 4.39 Å². The number of halogens is 3. The van der Waals surface area contributed by atoms with Gasteiger partial charge in [0, 0.05) is 11.1 Å². The second kappa shape index (κ2) is 15.8. The first-order chi connectivity index (χ1) is 21.5. The summed E-state index contributed by atoms with van der Waals surface area (Å²) < 4.78 is 50.3. The Bertz CT molecular complexity index is 1360. The fraction of sp³-hybridized carbons (Fsp3) is 0.500. The molecule has 0 N–H and O–H groups in total. The number of unbranched alkanes of at least 4 members (excludes halogenated alkanes) is 2. The minimum Gasteiger partial charge on any atom is -0.486 e. The summed E-state index contributed by atoms with van der Waals surface area (Å²) in [6, 6.07) is 15.6. The van der Waals surface area contributed by atoms with Gasteiger partial charge in [-0.3, -0.25) is 0 Å². The van der Waals surface area contributed by atoms with Crippen LogP contribution in [-0.4, -0.2) is 6.61 Å². The molecule has 0 saturated heterocycles. The SMILES string of the molecule is CCC=CCOc1ccc(-c2ccc(-c3ccc(C4CCC(C5CCC(CCCCC)CC5)CC4)cc3F)cc2)c(F)c1F. The van der Waals surface area contributed by atoms with Gasteiger partial charge in [-0.1, -0.05) is 101 Å². The molecule has 0 atom stereocenters. The molecule has 4 heteroatoms. The lowest BCUT2D eigenvalue weighted by atomic mass is 9.68. The topological polar surface area (TPSA) is 9.23 Å². The van der Waals surface area contributed by atoms with Gasteiger partial charge in [-0.05, 0) is 104 Å². The van der Waals surface area contributed by atoms with Gasteiger partial charge in [0.15, 0.2) is 11.6 Å².